The van der Waals surface area contributed by atoms with E-state index in [0.29, 0.717) is 31.7 Å². The molecule has 0 unspecified atom stereocenters. The molecule has 0 atom stereocenters. The minimum Gasteiger partial charge on any atom is -0.484 e. The van der Waals surface area contributed by atoms with Crippen molar-refractivity contribution >= 4 is 12.0 Å². The zero-order valence-electron chi connectivity index (χ0n) is 11.2. The summed E-state index contributed by atoms with van der Waals surface area (Å²) >= 11 is 0. The molecule has 0 saturated carbocycles. The number of rotatable bonds is 10. The smallest absolute Gasteiger partial charge is 0.310 e. The number of nitro groups is 1. The van der Waals surface area contributed by atoms with E-state index in [-0.39, 0.29) is 18.0 Å². The number of nitro benzene ring substituents is 1. The van der Waals surface area contributed by atoms with E-state index in [1.807, 2.05) is 0 Å². The third-order valence-electron chi connectivity index (χ3n) is 2.44. The summed E-state index contributed by atoms with van der Waals surface area (Å²) in [7, 11) is 1.61. The third kappa shape index (κ3) is 5.33. The SMILES string of the molecule is COCCCOCCOc1cc(C=O)ccc1[N+](=O)[O-]. The van der Waals surface area contributed by atoms with Crippen LogP contribution in [0.3, 0.4) is 0 Å². The number of methoxy groups -OCH3 is 1. The van der Waals surface area contributed by atoms with Crippen LogP contribution in [0.5, 0.6) is 5.75 Å². The van der Waals surface area contributed by atoms with E-state index in [2.05, 4.69) is 0 Å². The van der Waals surface area contributed by atoms with Crippen molar-refractivity contribution in [3.63, 3.8) is 0 Å². The van der Waals surface area contributed by atoms with Crippen molar-refractivity contribution in [3.05, 3.63) is 33.9 Å². The van der Waals surface area contributed by atoms with Crippen LogP contribution in [0.25, 0.3) is 0 Å². The summed E-state index contributed by atoms with van der Waals surface area (Å²) in [5.41, 5.74) is 0.154. The zero-order valence-corrected chi connectivity index (χ0v) is 11.2. The Morgan fingerprint density at radius 2 is 2.05 bits per heavy atom. The van der Waals surface area contributed by atoms with Gasteiger partial charge in [-0.15, -0.1) is 0 Å². The minimum atomic E-state index is -0.552. The molecule has 0 fully saturated rings. The van der Waals surface area contributed by atoms with E-state index < -0.39 is 4.92 Å². The van der Waals surface area contributed by atoms with Gasteiger partial charge in [-0.3, -0.25) is 14.9 Å². The molecule has 110 valence electrons. The molecule has 0 heterocycles. The summed E-state index contributed by atoms with van der Waals surface area (Å²) < 4.78 is 15.4. The summed E-state index contributed by atoms with van der Waals surface area (Å²) in [5, 5.41) is 10.8. The lowest BCUT2D eigenvalue weighted by Crippen LogP contribution is -2.09. The molecular formula is C13H17NO6. The Morgan fingerprint density at radius 3 is 2.70 bits per heavy atom. The van der Waals surface area contributed by atoms with Crippen LogP contribution in [0.4, 0.5) is 5.69 Å². The number of hydrogen-bond acceptors (Lipinski definition) is 6. The number of aldehydes is 1. The molecule has 0 bridgehead atoms. The first-order chi connectivity index (χ1) is 9.69. The van der Waals surface area contributed by atoms with Gasteiger partial charge in [0.2, 0.25) is 0 Å². The van der Waals surface area contributed by atoms with Gasteiger partial charge >= 0.3 is 5.69 Å². The van der Waals surface area contributed by atoms with Crippen LogP contribution in [0.15, 0.2) is 18.2 Å². The molecule has 0 aliphatic rings. The van der Waals surface area contributed by atoms with E-state index in [0.717, 1.165) is 6.42 Å². The maximum Gasteiger partial charge on any atom is 0.310 e. The van der Waals surface area contributed by atoms with Gasteiger partial charge in [0.25, 0.3) is 0 Å². The predicted octanol–water partition coefficient (Wildman–Crippen LogP) is 1.84. The largest absolute Gasteiger partial charge is 0.484 e. The molecule has 1 rings (SSSR count). The second-order valence-electron chi connectivity index (χ2n) is 3.91. The Balaban J connectivity index is 2.45. The first-order valence-electron chi connectivity index (χ1n) is 6.12. The Morgan fingerprint density at radius 1 is 1.25 bits per heavy atom. The van der Waals surface area contributed by atoms with E-state index in [1.54, 1.807) is 7.11 Å². The van der Waals surface area contributed by atoms with Crippen molar-refractivity contribution in [1.82, 2.24) is 0 Å². The Bertz CT molecular complexity index is 448. The molecule has 0 amide bonds. The Hall–Kier alpha value is -1.99. The monoisotopic (exact) mass is 283 g/mol. The maximum absolute atomic E-state index is 10.8. The van der Waals surface area contributed by atoms with Gasteiger partial charge in [-0.1, -0.05) is 0 Å². The van der Waals surface area contributed by atoms with Gasteiger partial charge in [-0.05, 0) is 18.6 Å². The highest BCUT2D eigenvalue weighted by Gasteiger charge is 2.15. The number of nitrogens with zero attached hydrogens (tertiary/aromatic N) is 1. The average Bonchev–Trinajstić information content (AvgIpc) is 2.45. The van der Waals surface area contributed by atoms with Gasteiger partial charge in [0, 0.05) is 32.0 Å². The van der Waals surface area contributed by atoms with Gasteiger partial charge in [0.15, 0.2) is 5.75 Å². The van der Waals surface area contributed by atoms with E-state index in [4.69, 9.17) is 14.2 Å². The molecule has 0 aliphatic heterocycles. The number of benzene rings is 1. The molecule has 20 heavy (non-hydrogen) atoms. The first kappa shape index (κ1) is 16.1. The zero-order chi connectivity index (χ0) is 14.8. The topological polar surface area (TPSA) is 87.9 Å². The molecule has 7 nitrogen and oxygen atoms in total. The van der Waals surface area contributed by atoms with Crippen molar-refractivity contribution in [2.75, 3.05) is 33.5 Å². The Kier molecular flexibility index (Phi) is 7.23. The van der Waals surface area contributed by atoms with Crippen molar-refractivity contribution in [3.8, 4) is 5.75 Å². The van der Waals surface area contributed by atoms with Gasteiger partial charge in [0.05, 0.1) is 11.5 Å². The highest BCUT2D eigenvalue weighted by molar-refractivity contribution is 5.76. The van der Waals surface area contributed by atoms with Crippen LogP contribution in [-0.2, 0) is 9.47 Å². The number of carbonyl (C=O) groups is 1. The summed E-state index contributed by atoms with van der Waals surface area (Å²) in [6.07, 6.45) is 1.38. The van der Waals surface area contributed by atoms with Crippen LogP contribution in [-0.4, -0.2) is 44.7 Å². The fourth-order valence-electron chi connectivity index (χ4n) is 1.49. The lowest BCUT2D eigenvalue weighted by Gasteiger charge is -2.08. The second kappa shape index (κ2) is 9.00. The minimum absolute atomic E-state index is 0.0695. The fourth-order valence-corrected chi connectivity index (χ4v) is 1.49. The standard InChI is InChI=1S/C13H17NO6/c1-18-5-2-6-19-7-8-20-13-9-11(10-15)3-4-12(13)14(16)17/h3-4,9-10H,2,5-8H2,1H3. The quantitative estimate of drug-likeness (QED) is 0.282. The molecule has 0 aliphatic carbocycles. The van der Waals surface area contributed by atoms with Crippen molar-refractivity contribution in [2.45, 2.75) is 6.42 Å². The lowest BCUT2D eigenvalue weighted by atomic mass is 10.2. The lowest BCUT2D eigenvalue weighted by molar-refractivity contribution is -0.385. The van der Waals surface area contributed by atoms with Gasteiger partial charge in [-0.25, -0.2) is 0 Å². The third-order valence-corrected chi connectivity index (χ3v) is 2.44. The molecule has 0 saturated heterocycles. The first-order valence-corrected chi connectivity index (χ1v) is 6.12. The molecule has 0 radical (unpaired) electrons. The van der Waals surface area contributed by atoms with Crippen molar-refractivity contribution in [1.29, 1.82) is 0 Å². The van der Waals surface area contributed by atoms with Crippen molar-refractivity contribution < 1.29 is 23.9 Å². The van der Waals surface area contributed by atoms with E-state index >= 15 is 0 Å². The van der Waals surface area contributed by atoms with Gasteiger partial charge < -0.3 is 14.2 Å². The second-order valence-corrected chi connectivity index (χ2v) is 3.91. The average molecular weight is 283 g/mol. The molecule has 0 spiro atoms. The van der Waals surface area contributed by atoms with E-state index in [9.17, 15) is 14.9 Å². The molecular weight excluding hydrogens is 266 g/mol. The van der Waals surface area contributed by atoms with Crippen LogP contribution in [0.1, 0.15) is 16.8 Å². The molecule has 1 aromatic rings. The number of carbonyl (C=O) groups excluding carboxylic acids is 1. The van der Waals surface area contributed by atoms with Crippen LogP contribution >= 0.6 is 0 Å². The van der Waals surface area contributed by atoms with Crippen LogP contribution in [0.2, 0.25) is 0 Å². The fraction of sp³-hybridized carbons (Fsp3) is 0.462. The summed E-state index contributed by atoms with van der Waals surface area (Å²) in [5.74, 6) is 0.0695. The summed E-state index contributed by atoms with van der Waals surface area (Å²) in [4.78, 5) is 20.9. The predicted molar refractivity (Wildman–Crippen MR) is 71.3 cm³/mol. The Labute approximate surface area is 116 Å². The normalized spacial score (nSPS) is 10.2. The van der Waals surface area contributed by atoms with Crippen molar-refractivity contribution in [2.24, 2.45) is 0 Å². The highest BCUT2D eigenvalue weighted by Crippen LogP contribution is 2.27. The van der Waals surface area contributed by atoms with Crippen LogP contribution < -0.4 is 4.74 Å². The van der Waals surface area contributed by atoms with Gasteiger partial charge in [-0.2, -0.15) is 0 Å². The molecule has 7 heteroatoms. The highest BCUT2D eigenvalue weighted by atomic mass is 16.6. The maximum atomic E-state index is 10.8. The number of hydrogen-bond donors (Lipinski definition) is 0. The van der Waals surface area contributed by atoms with E-state index in [1.165, 1.54) is 18.2 Å². The summed E-state index contributed by atoms with van der Waals surface area (Å²) in [6.45, 7) is 1.64. The number of ether oxygens (including phenoxy) is 3. The van der Waals surface area contributed by atoms with Gasteiger partial charge in [0.1, 0.15) is 12.9 Å². The molecule has 0 N–H and O–H groups in total. The van der Waals surface area contributed by atoms with Crippen LogP contribution in [0, 0.1) is 10.1 Å². The summed E-state index contributed by atoms with van der Waals surface area (Å²) in [6, 6.07) is 3.97. The molecule has 1 aromatic carbocycles. The molecule has 0 aromatic heterocycles.